The molecule has 5 rings (SSSR count). The van der Waals surface area contributed by atoms with E-state index < -0.39 is 24.3 Å². The van der Waals surface area contributed by atoms with Crippen LogP contribution >= 0.6 is 0 Å². The SMILES string of the molecule is CC1(C)OB(c2ccc(Cn3ncc4cccc(C(=O)NC5CCCC(C(=O)O)CCC5)c43)cc2)OC1(C)C. The van der Waals surface area contributed by atoms with Gasteiger partial charge in [-0.05, 0) is 70.5 Å². The first kappa shape index (κ1) is 27.4. The third-order valence-corrected chi connectivity index (χ3v) is 8.64. The van der Waals surface area contributed by atoms with Crippen LogP contribution in [0.3, 0.4) is 0 Å². The lowest BCUT2D eigenvalue weighted by Crippen LogP contribution is -2.41. The number of rotatable bonds is 6. The lowest BCUT2D eigenvalue weighted by Gasteiger charge is -2.32. The second-order valence-corrected chi connectivity index (χ2v) is 11.9. The van der Waals surface area contributed by atoms with Crippen molar-refractivity contribution in [1.29, 1.82) is 0 Å². The highest BCUT2D eigenvalue weighted by Gasteiger charge is 2.51. The van der Waals surface area contributed by atoms with Crippen molar-refractivity contribution in [3.8, 4) is 0 Å². The van der Waals surface area contributed by atoms with Crippen LogP contribution in [0, 0.1) is 5.92 Å². The van der Waals surface area contributed by atoms with Gasteiger partial charge in [0, 0.05) is 11.4 Å². The van der Waals surface area contributed by atoms with Crippen molar-refractivity contribution in [1.82, 2.24) is 15.1 Å². The van der Waals surface area contributed by atoms with Gasteiger partial charge >= 0.3 is 13.1 Å². The minimum atomic E-state index is -0.708. The average molecular weight is 531 g/mol. The zero-order chi connectivity index (χ0) is 27.8. The van der Waals surface area contributed by atoms with E-state index in [0.717, 1.165) is 47.6 Å². The van der Waals surface area contributed by atoms with Gasteiger partial charge in [0.2, 0.25) is 0 Å². The fraction of sp³-hybridized carbons (Fsp3) is 0.500. The predicted octanol–water partition coefficient (Wildman–Crippen LogP) is 4.54. The molecule has 0 spiro atoms. The summed E-state index contributed by atoms with van der Waals surface area (Å²) in [4.78, 5) is 24.8. The molecule has 1 amide bonds. The summed E-state index contributed by atoms with van der Waals surface area (Å²) in [5.74, 6) is -1.09. The zero-order valence-electron chi connectivity index (χ0n) is 23.3. The van der Waals surface area contributed by atoms with Gasteiger partial charge in [0.05, 0.1) is 40.9 Å². The van der Waals surface area contributed by atoms with Crippen LogP contribution in [0.2, 0.25) is 0 Å². The van der Waals surface area contributed by atoms with E-state index in [1.54, 1.807) is 6.20 Å². The van der Waals surface area contributed by atoms with Crippen molar-refractivity contribution < 1.29 is 24.0 Å². The van der Waals surface area contributed by atoms with Crippen LogP contribution in [0.4, 0.5) is 0 Å². The molecular weight excluding hydrogens is 493 g/mol. The summed E-state index contributed by atoms with van der Waals surface area (Å²) in [6.07, 6.45) is 6.30. The minimum Gasteiger partial charge on any atom is -0.481 e. The summed E-state index contributed by atoms with van der Waals surface area (Å²) < 4.78 is 14.2. The number of nitrogens with zero attached hydrogens (tertiary/aromatic N) is 2. The minimum absolute atomic E-state index is 0.0430. The molecule has 2 N–H and O–H groups in total. The second kappa shape index (κ2) is 10.8. The number of fused-ring (bicyclic) bond motifs is 1. The number of carbonyl (C=O) groups is 2. The molecule has 1 aromatic heterocycles. The molecule has 0 unspecified atom stereocenters. The molecule has 2 fully saturated rings. The number of para-hydroxylation sites is 1. The molecule has 1 saturated heterocycles. The topological polar surface area (TPSA) is 103 Å². The monoisotopic (exact) mass is 531 g/mol. The Labute approximate surface area is 230 Å². The first-order valence-corrected chi connectivity index (χ1v) is 14.0. The van der Waals surface area contributed by atoms with Crippen molar-refractivity contribution in [2.24, 2.45) is 5.92 Å². The lowest BCUT2D eigenvalue weighted by atomic mass is 9.79. The van der Waals surface area contributed by atoms with Crippen molar-refractivity contribution >= 4 is 35.4 Å². The van der Waals surface area contributed by atoms with E-state index in [4.69, 9.17) is 9.31 Å². The van der Waals surface area contributed by atoms with Crippen molar-refractivity contribution in [3.05, 3.63) is 59.8 Å². The summed E-state index contributed by atoms with van der Waals surface area (Å²) in [5.41, 5.74) is 2.65. The number of hydrogen-bond acceptors (Lipinski definition) is 5. The Morgan fingerprint density at radius 1 is 1.00 bits per heavy atom. The molecule has 8 nitrogen and oxygen atoms in total. The molecule has 9 heteroatoms. The van der Waals surface area contributed by atoms with E-state index in [1.807, 2.05) is 62.7 Å². The number of amides is 1. The number of carbonyl (C=O) groups excluding carboxylic acids is 1. The first-order chi connectivity index (χ1) is 18.5. The van der Waals surface area contributed by atoms with Gasteiger partial charge in [0.1, 0.15) is 0 Å². The van der Waals surface area contributed by atoms with Crippen molar-refractivity contribution in [2.45, 2.75) is 90.0 Å². The van der Waals surface area contributed by atoms with Gasteiger partial charge in [0.25, 0.3) is 5.91 Å². The van der Waals surface area contributed by atoms with Crippen LogP contribution in [-0.4, -0.2) is 51.1 Å². The van der Waals surface area contributed by atoms with Gasteiger partial charge in [0.15, 0.2) is 0 Å². The molecule has 0 bridgehead atoms. The Bertz CT molecular complexity index is 1320. The largest absolute Gasteiger partial charge is 0.494 e. The van der Waals surface area contributed by atoms with Crippen LogP contribution < -0.4 is 10.8 Å². The van der Waals surface area contributed by atoms with E-state index in [1.165, 1.54) is 0 Å². The number of carboxylic acid groups (broad SMARTS) is 1. The van der Waals surface area contributed by atoms with Crippen LogP contribution in [0.25, 0.3) is 10.9 Å². The standard InChI is InChI=1S/C30H38BN3O5/c1-29(2)30(3,4)39-31(38-29)23-16-14-20(15-17-23)19-34-26-22(18-32-34)10-7-13-25(26)27(35)33-24-11-5-8-21(28(36)37)9-6-12-24/h7,10,13-18,21,24H,5-6,8-9,11-12,19H2,1-4H3,(H,33,35)(H,36,37). The molecule has 2 aromatic carbocycles. The Morgan fingerprint density at radius 3 is 2.26 bits per heavy atom. The molecule has 0 radical (unpaired) electrons. The molecule has 206 valence electrons. The number of nitrogens with one attached hydrogen (secondary N) is 1. The maximum absolute atomic E-state index is 13.4. The summed E-state index contributed by atoms with van der Waals surface area (Å²) in [7, 11) is -0.409. The van der Waals surface area contributed by atoms with Crippen LogP contribution in [-0.2, 0) is 20.6 Å². The lowest BCUT2D eigenvalue weighted by molar-refractivity contribution is -0.142. The molecule has 2 aliphatic rings. The van der Waals surface area contributed by atoms with Crippen LogP contribution in [0.1, 0.15) is 82.1 Å². The Hall–Kier alpha value is -3.17. The molecule has 0 atom stereocenters. The number of aromatic nitrogens is 2. The number of hydrogen-bond donors (Lipinski definition) is 2. The molecule has 1 aliphatic heterocycles. The van der Waals surface area contributed by atoms with Crippen molar-refractivity contribution in [2.75, 3.05) is 0 Å². The summed E-state index contributed by atoms with van der Waals surface area (Å²) >= 11 is 0. The van der Waals surface area contributed by atoms with E-state index in [0.29, 0.717) is 24.9 Å². The normalized spacial score (nSPS) is 22.8. The maximum Gasteiger partial charge on any atom is 0.494 e. The zero-order valence-corrected chi connectivity index (χ0v) is 23.3. The van der Waals surface area contributed by atoms with Crippen LogP contribution in [0.15, 0.2) is 48.7 Å². The van der Waals surface area contributed by atoms with Gasteiger partial charge < -0.3 is 19.7 Å². The van der Waals surface area contributed by atoms with Gasteiger partial charge in [-0.3, -0.25) is 14.3 Å². The number of carboxylic acids is 1. The van der Waals surface area contributed by atoms with E-state index >= 15 is 0 Å². The van der Waals surface area contributed by atoms with E-state index in [9.17, 15) is 14.7 Å². The van der Waals surface area contributed by atoms with Gasteiger partial charge in [-0.25, -0.2) is 0 Å². The highest BCUT2D eigenvalue weighted by atomic mass is 16.7. The molecule has 1 aliphatic carbocycles. The average Bonchev–Trinajstić information content (AvgIpc) is 3.37. The molecular formula is C30H38BN3O5. The maximum atomic E-state index is 13.4. The fourth-order valence-electron chi connectivity index (χ4n) is 5.54. The molecule has 3 aromatic rings. The highest BCUT2D eigenvalue weighted by Crippen LogP contribution is 2.36. The van der Waals surface area contributed by atoms with Gasteiger partial charge in [-0.15, -0.1) is 0 Å². The van der Waals surface area contributed by atoms with Gasteiger partial charge in [-0.1, -0.05) is 49.2 Å². The highest BCUT2D eigenvalue weighted by molar-refractivity contribution is 6.62. The van der Waals surface area contributed by atoms with E-state index in [-0.39, 0.29) is 17.9 Å². The Kier molecular flexibility index (Phi) is 7.57. The summed E-state index contributed by atoms with van der Waals surface area (Å²) in [5, 5.41) is 18.1. The predicted molar refractivity (Wildman–Crippen MR) is 151 cm³/mol. The number of aliphatic carboxylic acids is 1. The van der Waals surface area contributed by atoms with E-state index in [2.05, 4.69) is 22.5 Å². The summed E-state index contributed by atoms with van der Waals surface area (Å²) in [6.45, 7) is 8.71. The molecule has 2 heterocycles. The Morgan fingerprint density at radius 2 is 1.64 bits per heavy atom. The van der Waals surface area contributed by atoms with Crippen molar-refractivity contribution in [3.63, 3.8) is 0 Å². The van der Waals surface area contributed by atoms with Crippen LogP contribution in [0.5, 0.6) is 0 Å². The number of benzene rings is 2. The molecule has 39 heavy (non-hydrogen) atoms. The Balaban J connectivity index is 1.29. The smallest absolute Gasteiger partial charge is 0.481 e. The fourth-order valence-corrected chi connectivity index (χ4v) is 5.54. The quantitative estimate of drug-likeness (QED) is 0.453. The summed E-state index contributed by atoms with van der Waals surface area (Å²) in [6, 6.07) is 13.9. The first-order valence-electron chi connectivity index (χ1n) is 14.0. The second-order valence-electron chi connectivity index (χ2n) is 11.9. The molecule has 1 saturated carbocycles. The third kappa shape index (κ3) is 5.75. The van der Waals surface area contributed by atoms with Gasteiger partial charge in [-0.2, -0.15) is 5.10 Å². The third-order valence-electron chi connectivity index (χ3n) is 8.64.